The molecule has 0 bridgehead atoms. The van der Waals surface area contributed by atoms with Gasteiger partial charge in [0.1, 0.15) is 5.75 Å². The second-order valence-corrected chi connectivity index (χ2v) is 7.32. The summed E-state index contributed by atoms with van der Waals surface area (Å²) in [6.07, 6.45) is -0.818. The molecule has 1 atom stereocenters. The van der Waals surface area contributed by atoms with Crippen LogP contribution in [0.2, 0.25) is 0 Å². The summed E-state index contributed by atoms with van der Waals surface area (Å²) in [6, 6.07) is 15.2. The van der Waals surface area contributed by atoms with Gasteiger partial charge in [-0.25, -0.2) is 0 Å². The van der Waals surface area contributed by atoms with Crippen molar-refractivity contribution in [3.8, 4) is 17.0 Å². The largest absolute Gasteiger partial charge is 0.497 e. The fourth-order valence-electron chi connectivity index (χ4n) is 3.23. The van der Waals surface area contributed by atoms with E-state index >= 15 is 0 Å². The lowest BCUT2D eigenvalue weighted by atomic mass is 10.0. The minimum Gasteiger partial charge on any atom is -0.497 e. The first-order valence-electron chi connectivity index (χ1n) is 9.49. The molecule has 0 saturated heterocycles. The summed E-state index contributed by atoms with van der Waals surface area (Å²) in [4.78, 5) is 14.3. The Kier molecular flexibility index (Phi) is 6.03. The van der Waals surface area contributed by atoms with Crippen molar-refractivity contribution in [2.24, 2.45) is 7.05 Å². The van der Waals surface area contributed by atoms with E-state index in [1.807, 2.05) is 31.3 Å². The molecule has 0 saturated carbocycles. The van der Waals surface area contributed by atoms with Crippen molar-refractivity contribution >= 4 is 5.91 Å². The molecule has 152 valence electrons. The molecule has 0 radical (unpaired) electrons. The van der Waals surface area contributed by atoms with Gasteiger partial charge in [0.2, 0.25) is 0 Å². The number of aliphatic hydroxyl groups excluding tert-OH is 1. The lowest BCUT2D eigenvalue weighted by Crippen LogP contribution is -2.31. The highest BCUT2D eigenvalue weighted by Crippen LogP contribution is 2.24. The van der Waals surface area contributed by atoms with Crippen molar-refractivity contribution in [1.29, 1.82) is 0 Å². The van der Waals surface area contributed by atoms with E-state index in [2.05, 4.69) is 31.1 Å². The molecule has 0 aliphatic heterocycles. The van der Waals surface area contributed by atoms with E-state index in [0.717, 1.165) is 11.3 Å². The van der Waals surface area contributed by atoms with Gasteiger partial charge in [-0.05, 0) is 54.8 Å². The molecule has 3 aromatic rings. The number of carbonyl (C=O) groups is 1. The maximum atomic E-state index is 12.9. The number of likely N-dealkylation sites (N-methyl/N-ethyl adjacent to an activating group) is 1. The number of amides is 1. The highest BCUT2D eigenvalue weighted by Gasteiger charge is 2.21. The maximum Gasteiger partial charge on any atom is 0.274 e. The smallest absolute Gasteiger partial charge is 0.274 e. The fraction of sp³-hybridized carbons (Fsp3) is 0.304. The zero-order valence-electron chi connectivity index (χ0n) is 17.5. The molecule has 1 N–H and O–H groups in total. The minimum atomic E-state index is -0.818. The summed E-state index contributed by atoms with van der Waals surface area (Å²) in [5.74, 6) is 0.427. The van der Waals surface area contributed by atoms with Gasteiger partial charge in [-0.3, -0.25) is 9.48 Å². The van der Waals surface area contributed by atoms with E-state index in [1.54, 1.807) is 31.0 Å². The standard InChI is InChI=1S/C23H27N3O3/c1-15-9-10-17(11-16(15)2)21-13-20(24-26(21)4)23(28)25(3)14-22(27)18-7-6-8-19(12-18)29-5/h6-13,22,27H,14H2,1-5H3. The first kappa shape index (κ1) is 20.6. The van der Waals surface area contributed by atoms with Crippen LogP contribution in [0.1, 0.15) is 33.3 Å². The van der Waals surface area contributed by atoms with E-state index in [-0.39, 0.29) is 12.5 Å². The summed E-state index contributed by atoms with van der Waals surface area (Å²) < 4.78 is 6.91. The fourth-order valence-corrected chi connectivity index (χ4v) is 3.23. The lowest BCUT2D eigenvalue weighted by Gasteiger charge is -2.20. The Morgan fingerprint density at radius 3 is 2.62 bits per heavy atom. The van der Waals surface area contributed by atoms with Crippen molar-refractivity contribution in [3.05, 3.63) is 70.9 Å². The Balaban J connectivity index is 1.76. The van der Waals surface area contributed by atoms with Crippen LogP contribution >= 0.6 is 0 Å². The van der Waals surface area contributed by atoms with Crippen molar-refractivity contribution < 1.29 is 14.6 Å². The molecule has 0 aliphatic rings. The lowest BCUT2D eigenvalue weighted by molar-refractivity contribution is 0.0674. The molecule has 2 aromatic carbocycles. The van der Waals surface area contributed by atoms with E-state index in [4.69, 9.17) is 4.74 Å². The van der Waals surface area contributed by atoms with Gasteiger partial charge in [-0.1, -0.05) is 24.3 Å². The predicted octanol–water partition coefficient (Wildman–Crippen LogP) is 3.52. The van der Waals surface area contributed by atoms with Crippen molar-refractivity contribution in [3.63, 3.8) is 0 Å². The molecular formula is C23H27N3O3. The number of aliphatic hydroxyl groups is 1. The van der Waals surface area contributed by atoms with Gasteiger partial charge in [-0.15, -0.1) is 0 Å². The molecule has 1 unspecified atom stereocenters. The van der Waals surface area contributed by atoms with Gasteiger partial charge < -0.3 is 14.7 Å². The number of rotatable bonds is 6. The Bertz CT molecular complexity index is 1030. The topological polar surface area (TPSA) is 67.6 Å². The van der Waals surface area contributed by atoms with Crippen LogP contribution in [-0.4, -0.2) is 46.4 Å². The molecule has 6 heteroatoms. The molecule has 29 heavy (non-hydrogen) atoms. The highest BCUT2D eigenvalue weighted by atomic mass is 16.5. The summed E-state index contributed by atoms with van der Waals surface area (Å²) in [6.45, 7) is 4.29. The maximum absolute atomic E-state index is 12.9. The number of benzene rings is 2. The molecule has 0 spiro atoms. The number of methoxy groups -OCH3 is 1. The first-order chi connectivity index (χ1) is 13.8. The zero-order chi connectivity index (χ0) is 21.1. The minimum absolute atomic E-state index is 0.154. The zero-order valence-corrected chi connectivity index (χ0v) is 17.5. The molecule has 1 aromatic heterocycles. The van der Waals surface area contributed by atoms with Gasteiger partial charge >= 0.3 is 0 Å². The molecular weight excluding hydrogens is 366 g/mol. The van der Waals surface area contributed by atoms with Crippen LogP contribution < -0.4 is 4.74 Å². The Hall–Kier alpha value is -3.12. The van der Waals surface area contributed by atoms with Crippen LogP contribution in [0.4, 0.5) is 0 Å². The van der Waals surface area contributed by atoms with E-state index in [1.165, 1.54) is 16.0 Å². The van der Waals surface area contributed by atoms with Gasteiger partial charge in [0.15, 0.2) is 5.69 Å². The monoisotopic (exact) mass is 393 g/mol. The summed E-state index contributed by atoms with van der Waals surface area (Å²) in [5.41, 5.74) is 5.34. The normalized spacial score (nSPS) is 11.9. The van der Waals surface area contributed by atoms with Crippen LogP contribution in [0, 0.1) is 13.8 Å². The Morgan fingerprint density at radius 2 is 1.93 bits per heavy atom. The number of hydrogen-bond donors (Lipinski definition) is 1. The molecule has 0 fully saturated rings. The third kappa shape index (κ3) is 4.49. The van der Waals surface area contributed by atoms with E-state index < -0.39 is 6.10 Å². The average molecular weight is 393 g/mol. The van der Waals surface area contributed by atoms with Gasteiger partial charge in [0.05, 0.1) is 25.5 Å². The highest BCUT2D eigenvalue weighted by molar-refractivity contribution is 5.93. The van der Waals surface area contributed by atoms with Crippen LogP contribution in [0.15, 0.2) is 48.5 Å². The Morgan fingerprint density at radius 1 is 1.17 bits per heavy atom. The van der Waals surface area contributed by atoms with E-state index in [0.29, 0.717) is 17.0 Å². The second kappa shape index (κ2) is 8.49. The predicted molar refractivity (Wildman–Crippen MR) is 113 cm³/mol. The van der Waals surface area contributed by atoms with Crippen LogP contribution in [-0.2, 0) is 7.05 Å². The number of carbonyl (C=O) groups excluding carboxylic acids is 1. The summed E-state index contributed by atoms with van der Waals surface area (Å²) in [5, 5.41) is 14.9. The number of hydrogen-bond acceptors (Lipinski definition) is 4. The van der Waals surface area contributed by atoms with Crippen LogP contribution in [0.3, 0.4) is 0 Å². The van der Waals surface area contributed by atoms with Crippen molar-refractivity contribution in [1.82, 2.24) is 14.7 Å². The molecule has 1 amide bonds. The van der Waals surface area contributed by atoms with Crippen LogP contribution in [0.25, 0.3) is 11.3 Å². The number of aryl methyl sites for hydroxylation is 3. The molecule has 0 aliphatic carbocycles. The number of nitrogens with zero attached hydrogens (tertiary/aromatic N) is 3. The molecule has 3 rings (SSSR count). The van der Waals surface area contributed by atoms with Crippen LogP contribution in [0.5, 0.6) is 5.75 Å². The average Bonchev–Trinajstić information content (AvgIpc) is 3.11. The molecule has 6 nitrogen and oxygen atoms in total. The van der Waals surface area contributed by atoms with E-state index in [9.17, 15) is 9.90 Å². The third-order valence-corrected chi connectivity index (χ3v) is 5.17. The number of aromatic nitrogens is 2. The van der Waals surface area contributed by atoms with Gasteiger partial charge in [0.25, 0.3) is 5.91 Å². The number of ether oxygens (including phenoxy) is 1. The van der Waals surface area contributed by atoms with Crippen molar-refractivity contribution in [2.45, 2.75) is 20.0 Å². The summed E-state index contributed by atoms with van der Waals surface area (Å²) >= 11 is 0. The van der Waals surface area contributed by atoms with Gasteiger partial charge in [0, 0.05) is 19.7 Å². The molecule has 1 heterocycles. The van der Waals surface area contributed by atoms with Gasteiger partial charge in [-0.2, -0.15) is 5.10 Å². The Labute approximate surface area is 171 Å². The SMILES string of the molecule is COc1cccc(C(O)CN(C)C(=O)c2cc(-c3ccc(C)c(C)c3)n(C)n2)c1. The first-order valence-corrected chi connectivity index (χ1v) is 9.49. The second-order valence-electron chi connectivity index (χ2n) is 7.32. The third-order valence-electron chi connectivity index (χ3n) is 5.17. The quantitative estimate of drug-likeness (QED) is 0.696. The summed E-state index contributed by atoms with van der Waals surface area (Å²) in [7, 11) is 5.07. The van der Waals surface area contributed by atoms with Crippen molar-refractivity contribution in [2.75, 3.05) is 20.7 Å².